The van der Waals surface area contributed by atoms with Crippen LogP contribution in [-0.2, 0) is 4.74 Å². The standard InChI is InChI=1S/C24H23ClO2.C22H18O4.C8H10O2/c25-16-15-23(19-7-3-1-4-8-19)24(20-9-5-2-6-10-20)21-11-13-22(14-12-21)27-18-17-26;23-21(17-7-3-1-4-8-17)18-11-13-20(14-12-18)25-15-16-26-22(24)19-9-5-2-6-10-19;9-6-7-10-8-4-2-1-3-5-8/h1-14,26H,15-18H2;1-14H,15-16H2;1-5,9H,6-7H2/b24-23-;;. The van der Waals surface area contributed by atoms with Crippen molar-refractivity contribution in [1.82, 2.24) is 0 Å². The number of esters is 1. The number of halogens is 1. The van der Waals surface area contributed by atoms with Gasteiger partial charge in [0.2, 0.25) is 0 Å². The van der Waals surface area contributed by atoms with E-state index in [4.69, 9.17) is 40.8 Å². The average molecular weight is 863 g/mol. The molecule has 0 atom stereocenters. The lowest BCUT2D eigenvalue weighted by Crippen LogP contribution is -2.12. The number of benzene rings is 7. The van der Waals surface area contributed by atoms with Crippen molar-refractivity contribution >= 4 is 34.5 Å². The molecule has 2 N–H and O–H groups in total. The van der Waals surface area contributed by atoms with Gasteiger partial charge in [-0.25, -0.2) is 4.79 Å². The summed E-state index contributed by atoms with van der Waals surface area (Å²) in [6.45, 7) is 1.12. The van der Waals surface area contributed by atoms with E-state index in [1.165, 1.54) is 16.7 Å². The first-order chi connectivity index (χ1) is 31.0. The second-order valence-corrected chi connectivity index (χ2v) is 14.0. The van der Waals surface area contributed by atoms with Crippen molar-refractivity contribution in [3.05, 3.63) is 234 Å². The van der Waals surface area contributed by atoms with Gasteiger partial charge in [0.15, 0.2) is 5.78 Å². The van der Waals surface area contributed by atoms with Crippen LogP contribution in [0, 0.1) is 0 Å². The lowest BCUT2D eigenvalue weighted by atomic mass is 9.88. The van der Waals surface area contributed by atoms with E-state index in [-0.39, 0.29) is 38.2 Å². The van der Waals surface area contributed by atoms with Crippen LogP contribution in [0.1, 0.15) is 49.4 Å². The topological polar surface area (TPSA) is 112 Å². The van der Waals surface area contributed by atoms with Crippen LogP contribution in [0.2, 0.25) is 0 Å². The molecule has 7 aromatic carbocycles. The van der Waals surface area contributed by atoms with Crippen LogP contribution in [-0.4, -0.2) is 67.5 Å². The summed E-state index contributed by atoms with van der Waals surface area (Å²) in [5.74, 6) is 2.31. The number of aliphatic hydroxyl groups is 2. The van der Waals surface area contributed by atoms with Crippen molar-refractivity contribution in [2.45, 2.75) is 6.42 Å². The summed E-state index contributed by atoms with van der Waals surface area (Å²) in [7, 11) is 0. The van der Waals surface area contributed by atoms with Gasteiger partial charge < -0.3 is 29.2 Å². The van der Waals surface area contributed by atoms with Crippen molar-refractivity contribution < 1.29 is 38.7 Å². The Labute approximate surface area is 374 Å². The van der Waals surface area contributed by atoms with Crippen molar-refractivity contribution in [2.75, 3.05) is 45.5 Å². The fraction of sp³-hybridized carbons (Fsp3) is 0.148. The normalized spacial score (nSPS) is 10.7. The number of hydrogen-bond donors (Lipinski definition) is 2. The second kappa shape index (κ2) is 27.1. The number of ketones is 1. The highest BCUT2D eigenvalue weighted by molar-refractivity contribution is 6.18. The summed E-state index contributed by atoms with van der Waals surface area (Å²) in [6, 6.07) is 63.0. The molecule has 63 heavy (non-hydrogen) atoms. The first kappa shape index (κ1) is 47.1. The van der Waals surface area contributed by atoms with E-state index in [1.54, 1.807) is 60.7 Å². The summed E-state index contributed by atoms with van der Waals surface area (Å²) >= 11 is 6.17. The lowest BCUT2D eigenvalue weighted by molar-refractivity contribution is 0.0450. The van der Waals surface area contributed by atoms with Gasteiger partial charge in [-0.1, -0.05) is 140 Å². The molecule has 0 aliphatic heterocycles. The van der Waals surface area contributed by atoms with Crippen molar-refractivity contribution in [2.24, 2.45) is 0 Å². The molecule has 8 nitrogen and oxygen atoms in total. The minimum absolute atomic E-state index is 0.00476. The zero-order valence-corrected chi connectivity index (χ0v) is 35.7. The van der Waals surface area contributed by atoms with Gasteiger partial charge >= 0.3 is 5.97 Å². The predicted molar refractivity (Wildman–Crippen MR) is 251 cm³/mol. The third-order valence-corrected chi connectivity index (χ3v) is 9.37. The van der Waals surface area contributed by atoms with E-state index in [9.17, 15) is 9.59 Å². The summed E-state index contributed by atoms with van der Waals surface area (Å²) in [4.78, 5) is 24.1. The van der Waals surface area contributed by atoms with E-state index in [1.807, 2.05) is 78.9 Å². The van der Waals surface area contributed by atoms with Gasteiger partial charge in [-0.15, -0.1) is 11.6 Å². The van der Waals surface area contributed by atoms with Gasteiger partial charge in [0.1, 0.15) is 43.7 Å². The molecule has 0 bridgehead atoms. The first-order valence-electron chi connectivity index (χ1n) is 20.6. The van der Waals surface area contributed by atoms with E-state index in [0.29, 0.717) is 41.5 Å². The Morgan fingerprint density at radius 3 is 1.24 bits per heavy atom. The molecule has 0 fully saturated rings. The molecular formula is C54H51ClO8. The Hall–Kier alpha value is -6.97. The molecule has 0 aromatic heterocycles. The highest BCUT2D eigenvalue weighted by Gasteiger charge is 2.14. The lowest BCUT2D eigenvalue weighted by Gasteiger charge is -2.17. The number of hydrogen-bond acceptors (Lipinski definition) is 8. The summed E-state index contributed by atoms with van der Waals surface area (Å²) in [5.41, 5.74) is 7.60. The fourth-order valence-corrected chi connectivity index (χ4v) is 6.43. The molecule has 7 aromatic rings. The number of ether oxygens (including phenoxy) is 4. The largest absolute Gasteiger partial charge is 0.491 e. The zero-order chi connectivity index (χ0) is 44.3. The van der Waals surface area contributed by atoms with Crippen LogP contribution in [0.5, 0.6) is 17.2 Å². The fourth-order valence-electron chi connectivity index (χ4n) is 6.24. The quantitative estimate of drug-likeness (QED) is 0.0288. The molecule has 0 unspecified atom stereocenters. The van der Waals surface area contributed by atoms with Gasteiger partial charge in [-0.2, -0.15) is 0 Å². The minimum Gasteiger partial charge on any atom is -0.491 e. The number of para-hydroxylation sites is 1. The van der Waals surface area contributed by atoms with E-state index in [0.717, 1.165) is 29.0 Å². The third kappa shape index (κ3) is 15.8. The van der Waals surface area contributed by atoms with Gasteiger partial charge in [0, 0.05) is 17.0 Å². The summed E-state index contributed by atoms with van der Waals surface area (Å²) < 4.78 is 21.3. The number of alkyl halides is 1. The molecule has 0 aliphatic carbocycles. The van der Waals surface area contributed by atoms with Crippen LogP contribution < -0.4 is 14.2 Å². The number of aliphatic hydroxyl groups excluding tert-OH is 2. The smallest absolute Gasteiger partial charge is 0.338 e. The number of rotatable bonds is 18. The molecule has 322 valence electrons. The maximum Gasteiger partial charge on any atom is 0.338 e. The molecule has 0 aliphatic rings. The molecule has 7 rings (SSSR count). The molecule has 0 spiro atoms. The van der Waals surface area contributed by atoms with E-state index >= 15 is 0 Å². The SMILES string of the molecule is O=C(OCCOc1ccc(C(=O)c2ccccc2)cc1)c1ccccc1.OCCOc1ccc(/C(=C(/CCCl)c2ccccc2)c2ccccc2)cc1.OCCOc1ccccc1. The van der Waals surface area contributed by atoms with Crippen LogP contribution >= 0.6 is 11.6 Å². The Morgan fingerprint density at radius 2 is 0.762 bits per heavy atom. The molecule has 0 amide bonds. The molecule has 0 saturated carbocycles. The highest BCUT2D eigenvalue weighted by Crippen LogP contribution is 2.35. The Morgan fingerprint density at radius 1 is 0.397 bits per heavy atom. The third-order valence-electron chi connectivity index (χ3n) is 9.18. The van der Waals surface area contributed by atoms with Crippen molar-refractivity contribution in [3.63, 3.8) is 0 Å². The van der Waals surface area contributed by atoms with E-state index < -0.39 is 0 Å². The van der Waals surface area contributed by atoms with Gasteiger partial charge in [0.05, 0.1) is 18.8 Å². The van der Waals surface area contributed by atoms with Crippen LogP contribution in [0.25, 0.3) is 11.1 Å². The predicted octanol–water partition coefficient (Wildman–Crippen LogP) is 10.9. The van der Waals surface area contributed by atoms with Crippen LogP contribution in [0.15, 0.2) is 200 Å². The van der Waals surface area contributed by atoms with Gasteiger partial charge in [-0.3, -0.25) is 4.79 Å². The van der Waals surface area contributed by atoms with Crippen LogP contribution in [0.4, 0.5) is 0 Å². The van der Waals surface area contributed by atoms with Crippen molar-refractivity contribution in [3.8, 4) is 17.2 Å². The Balaban J connectivity index is 0.000000196. The Bertz CT molecular complexity index is 2380. The summed E-state index contributed by atoms with van der Waals surface area (Å²) in [5, 5.41) is 17.3. The second-order valence-electron chi connectivity index (χ2n) is 13.6. The van der Waals surface area contributed by atoms with Gasteiger partial charge in [-0.05, 0) is 94.9 Å². The molecular weight excluding hydrogens is 812 g/mol. The Kier molecular flexibility index (Phi) is 20.2. The molecule has 0 saturated heterocycles. The maximum atomic E-state index is 12.3. The summed E-state index contributed by atoms with van der Waals surface area (Å²) in [6.07, 6.45) is 0.776. The average Bonchev–Trinajstić information content (AvgIpc) is 3.36. The van der Waals surface area contributed by atoms with Crippen LogP contribution in [0.3, 0.4) is 0 Å². The molecule has 0 radical (unpaired) electrons. The zero-order valence-electron chi connectivity index (χ0n) is 34.9. The molecule has 0 heterocycles. The number of carbonyl (C=O) groups is 2. The number of allylic oxidation sites excluding steroid dienone is 1. The van der Waals surface area contributed by atoms with Gasteiger partial charge in [0.25, 0.3) is 0 Å². The monoisotopic (exact) mass is 862 g/mol. The molecule has 9 heteroatoms. The number of carbonyl (C=O) groups excluding carboxylic acids is 2. The minimum atomic E-state index is -0.377. The highest BCUT2D eigenvalue weighted by atomic mass is 35.5. The van der Waals surface area contributed by atoms with E-state index in [2.05, 4.69) is 60.7 Å². The first-order valence-corrected chi connectivity index (χ1v) is 21.1. The van der Waals surface area contributed by atoms with Crippen molar-refractivity contribution in [1.29, 1.82) is 0 Å². The maximum absolute atomic E-state index is 12.3.